The van der Waals surface area contributed by atoms with Gasteiger partial charge in [-0.15, -0.1) is 0 Å². The van der Waals surface area contributed by atoms with E-state index in [0.717, 1.165) is 16.7 Å². The topological polar surface area (TPSA) is 81.7 Å². The third kappa shape index (κ3) is 3.63. The molecule has 3 heterocycles. The number of likely N-dealkylation sites (tertiary alicyclic amines) is 1. The zero-order valence-electron chi connectivity index (χ0n) is 19.1. The first-order chi connectivity index (χ1) is 16.5. The summed E-state index contributed by atoms with van der Waals surface area (Å²) in [6.07, 6.45) is 4.52. The number of benzene rings is 2. The van der Waals surface area contributed by atoms with E-state index in [1.807, 2.05) is 70.5 Å². The smallest absolute Gasteiger partial charge is 0.250 e. The Morgan fingerprint density at radius 3 is 2.32 bits per heavy atom. The zero-order chi connectivity index (χ0) is 23.7. The first-order valence-electron chi connectivity index (χ1n) is 11.5. The lowest BCUT2D eigenvalue weighted by Gasteiger charge is -2.43. The van der Waals surface area contributed by atoms with E-state index >= 15 is 0 Å². The van der Waals surface area contributed by atoms with Gasteiger partial charge in [-0.05, 0) is 30.9 Å². The maximum atomic E-state index is 14.0. The summed E-state index contributed by atoms with van der Waals surface area (Å²) in [4.78, 5) is 34.9. The second-order valence-corrected chi connectivity index (χ2v) is 8.87. The van der Waals surface area contributed by atoms with Gasteiger partial charge in [-0.3, -0.25) is 14.7 Å². The number of amides is 1. The monoisotopic (exact) mass is 453 g/mol. The summed E-state index contributed by atoms with van der Waals surface area (Å²) in [6.45, 7) is 6.90. The van der Waals surface area contributed by atoms with Gasteiger partial charge >= 0.3 is 0 Å². The summed E-state index contributed by atoms with van der Waals surface area (Å²) in [5, 5.41) is 6.92. The zero-order valence-corrected chi connectivity index (χ0v) is 19.1. The molecule has 7 heteroatoms. The van der Waals surface area contributed by atoms with Crippen LogP contribution in [0.1, 0.15) is 42.5 Å². The fourth-order valence-corrected chi connectivity index (χ4v) is 5.08. The number of hydrogen-bond donors (Lipinski definition) is 1. The number of piperidine rings is 1. The highest BCUT2D eigenvalue weighted by Gasteiger charge is 2.43. The first-order valence-corrected chi connectivity index (χ1v) is 11.5. The van der Waals surface area contributed by atoms with Crippen molar-refractivity contribution >= 4 is 29.5 Å². The Hall–Kier alpha value is -4.00. The summed E-state index contributed by atoms with van der Waals surface area (Å²) in [5.41, 5.74) is 2.77. The molecule has 2 aliphatic rings. The van der Waals surface area contributed by atoms with Gasteiger partial charge < -0.3 is 9.80 Å². The van der Waals surface area contributed by atoms with Gasteiger partial charge in [0, 0.05) is 18.8 Å². The summed E-state index contributed by atoms with van der Waals surface area (Å²) < 4.78 is 0. The Balaban J connectivity index is 1.43. The lowest BCUT2D eigenvalue weighted by molar-refractivity contribution is -0.138. The highest BCUT2D eigenvalue weighted by atomic mass is 16.2. The molecule has 0 spiro atoms. The number of carbonyl (C=O) groups is 2. The molecular weight excluding hydrogens is 426 g/mol. The number of aromatic amines is 1. The molecule has 0 aliphatic carbocycles. The van der Waals surface area contributed by atoms with E-state index in [1.165, 1.54) is 0 Å². The molecule has 2 aromatic carbocycles. The minimum atomic E-state index is -0.609. The van der Waals surface area contributed by atoms with Crippen LogP contribution in [-0.4, -0.2) is 51.1 Å². The number of ketones is 1. The Bertz CT molecular complexity index is 1240. The molecule has 1 N–H and O–H groups in total. The molecule has 172 valence electrons. The maximum Gasteiger partial charge on any atom is 0.250 e. The molecule has 1 aromatic heterocycles. The number of fused-ring (bicyclic) bond motifs is 1. The minimum Gasteiger partial charge on any atom is -0.341 e. The number of aromatic nitrogens is 2. The van der Waals surface area contributed by atoms with Crippen molar-refractivity contribution in [2.75, 3.05) is 13.1 Å². The van der Waals surface area contributed by atoms with Crippen molar-refractivity contribution in [1.82, 2.24) is 20.0 Å². The van der Waals surface area contributed by atoms with Crippen LogP contribution in [0.2, 0.25) is 0 Å². The number of Topliss-reactive ketones (excluding diaryl/α,β-unsaturated/α-hetero) is 1. The first kappa shape index (κ1) is 21.8. The Kier molecular flexibility index (Phi) is 5.61. The predicted octanol–water partition coefficient (Wildman–Crippen LogP) is 4.25. The van der Waals surface area contributed by atoms with Crippen LogP contribution < -0.4 is 0 Å². The Morgan fingerprint density at radius 1 is 1.03 bits per heavy atom. The molecule has 5 rings (SSSR count). The van der Waals surface area contributed by atoms with Crippen LogP contribution in [0, 0.1) is 0 Å². The molecule has 0 radical (unpaired) electrons. The van der Waals surface area contributed by atoms with Crippen LogP contribution in [-0.2, 0) is 15.0 Å². The Labute approximate surface area is 198 Å². The number of rotatable bonds is 5. The van der Waals surface area contributed by atoms with Gasteiger partial charge in [0.2, 0.25) is 5.91 Å². The van der Waals surface area contributed by atoms with E-state index in [4.69, 9.17) is 0 Å². The van der Waals surface area contributed by atoms with Crippen LogP contribution in [0.4, 0.5) is 5.82 Å². The largest absolute Gasteiger partial charge is 0.341 e. The van der Waals surface area contributed by atoms with Crippen molar-refractivity contribution in [2.24, 2.45) is 4.99 Å². The van der Waals surface area contributed by atoms with Gasteiger partial charge in [0.1, 0.15) is 11.8 Å². The lowest BCUT2D eigenvalue weighted by atomic mass is 9.70. The third-order valence-electron chi connectivity index (χ3n) is 7.11. The van der Waals surface area contributed by atoms with E-state index in [-0.39, 0.29) is 11.7 Å². The quantitative estimate of drug-likeness (QED) is 0.626. The summed E-state index contributed by atoms with van der Waals surface area (Å²) in [6, 6.07) is 19.0. The van der Waals surface area contributed by atoms with Gasteiger partial charge in [0.25, 0.3) is 0 Å². The van der Waals surface area contributed by atoms with Crippen molar-refractivity contribution in [3.8, 4) is 0 Å². The van der Waals surface area contributed by atoms with Crippen molar-refractivity contribution in [3.63, 3.8) is 0 Å². The van der Waals surface area contributed by atoms with Gasteiger partial charge in [-0.1, -0.05) is 67.2 Å². The average molecular weight is 454 g/mol. The molecule has 1 saturated heterocycles. The van der Waals surface area contributed by atoms with Crippen molar-refractivity contribution in [1.29, 1.82) is 0 Å². The molecule has 1 fully saturated rings. The fourth-order valence-electron chi connectivity index (χ4n) is 5.08. The molecule has 1 unspecified atom stereocenters. The average Bonchev–Trinajstić information content (AvgIpc) is 3.36. The summed E-state index contributed by atoms with van der Waals surface area (Å²) >= 11 is 0. The molecule has 7 nitrogen and oxygen atoms in total. The van der Waals surface area contributed by atoms with Crippen LogP contribution in [0.15, 0.2) is 78.4 Å². The molecule has 0 saturated carbocycles. The number of H-pyrrole nitrogens is 1. The van der Waals surface area contributed by atoms with Crippen LogP contribution in [0.25, 0.3) is 5.70 Å². The normalized spacial score (nSPS) is 17.9. The number of hydrogen-bond acceptors (Lipinski definition) is 5. The standard InChI is InChI=1S/C27H27N5O2/c1-19-23-17-29-30-25(23)28-18-32(19)24(21-9-5-3-6-10-21)26(34)31-15-13-27(14-16-31,20(2)33)22-11-7-4-8-12-22/h3-12,17-18,24H,1,13-16H2,2H3,(H,29,30). The molecular formula is C27H27N5O2. The fraction of sp³-hybridized carbons (Fsp3) is 0.259. The molecule has 2 aliphatic heterocycles. The van der Waals surface area contributed by atoms with Gasteiger partial charge in [0.05, 0.1) is 23.5 Å². The highest BCUT2D eigenvalue weighted by molar-refractivity contribution is 5.93. The number of nitrogens with one attached hydrogen (secondary N) is 1. The lowest BCUT2D eigenvalue weighted by Crippen LogP contribution is -2.51. The maximum absolute atomic E-state index is 14.0. The van der Waals surface area contributed by atoms with Crippen LogP contribution in [0.5, 0.6) is 0 Å². The summed E-state index contributed by atoms with van der Waals surface area (Å²) in [5.74, 6) is 0.748. The SMILES string of the molecule is C=C1c2cn[nH]c2N=CN1C(C(=O)N1CCC(C(C)=O)(c2ccccc2)CC1)c1ccccc1. The van der Waals surface area contributed by atoms with Gasteiger partial charge in [-0.2, -0.15) is 5.10 Å². The van der Waals surface area contributed by atoms with E-state index in [0.29, 0.717) is 37.4 Å². The van der Waals surface area contributed by atoms with Crippen molar-refractivity contribution in [2.45, 2.75) is 31.2 Å². The van der Waals surface area contributed by atoms with Crippen molar-refractivity contribution < 1.29 is 9.59 Å². The second-order valence-electron chi connectivity index (χ2n) is 8.87. The van der Waals surface area contributed by atoms with E-state index in [2.05, 4.69) is 21.8 Å². The predicted molar refractivity (Wildman–Crippen MR) is 131 cm³/mol. The second kappa shape index (κ2) is 8.74. The molecule has 0 bridgehead atoms. The molecule has 34 heavy (non-hydrogen) atoms. The molecule has 1 amide bonds. The van der Waals surface area contributed by atoms with Crippen LogP contribution >= 0.6 is 0 Å². The van der Waals surface area contributed by atoms with E-state index < -0.39 is 11.5 Å². The van der Waals surface area contributed by atoms with Gasteiger partial charge in [-0.25, -0.2) is 4.99 Å². The van der Waals surface area contributed by atoms with Crippen molar-refractivity contribution in [3.05, 3.63) is 90.1 Å². The third-order valence-corrected chi connectivity index (χ3v) is 7.11. The Morgan fingerprint density at radius 2 is 1.68 bits per heavy atom. The number of carbonyl (C=O) groups excluding carboxylic acids is 2. The van der Waals surface area contributed by atoms with Gasteiger partial charge in [0.15, 0.2) is 5.82 Å². The minimum absolute atomic E-state index is 0.0315. The molecule has 3 aromatic rings. The van der Waals surface area contributed by atoms with E-state index in [9.17, 15) is 9.59 Å². The number of aliphatic imine (C=N–C) groups is 1. The summed E-state index contributed by atoms with van der Waals surface area (Å²) in [7, 11) is 0. The highest BCUT2D eigenvalue weighted by Crippen LogP contribution is 2.39. The van der Waals surface area contributed by atoms with E-state index in [1.54, 1.807) is 19.5 Å². The number of nitrogens with zero attached hydrogens (tertiary/aromatic N) is 4. The van der Waals surface area contributed by atoms with Crippen LogP contribution in [0.3, 0.4) is 0 Å². The molecule has 1 atom stereocenters.